The fourth-order valence-corrected chi connectivity index (χ4v) is 1.75. The number of carboxylic acids is 1. The molecule has 0 amide bonds. The highest BCUT2D eigenvalue weighted by Gasteiger charge is 2.32. The number of rotatable bonds is 2. The van der Waals surface area contributed by atoms with Gasteiger partial charge in [-0.15, -0.1) is 0 Å². The Morgan fingerprint density at radius 1 is 1.25 bits per heavy atom. The third-order valence-electron chi connectivity index (χ3n) is 2.68. The van der Waals surface area contributed by atoms with Crippen LogP contribution in [-0.2, 0) is 6.18 Å². The zero-order valence-electron chi connectivity index (χ0n) is 10.3. The van der Waals surface area contributed by atoms with Gasteiger partial charge in [0.25, 0.3) is 0 Å². The number of hydrogen-bond donors (Lipinski definition) is 1. The number of halogens is 3. The lowest BCUT2D eigenvalue weighted by Gasteiger charge is -2.11. The van der Waals surface area contributed by atoms with Crippen LogP contribution in [0.25, 0.3) is 11.3 Å². The highest BCUT2D eigenvalue weighted by Crippen LogP contribution is 2.33. The van der Waals surface area contributed by atoms with Crippen molar-refractivity contribution < 1.29 is 23.1 Å². The monoisotopic (exact) mass is 282 g/mol. The second-order valence-electron chi connectivity index (χ2n) is 4.12. The summed E-state index contributed by atoms with van der Waals surface area (Å²) in [6.45, 7) is 1.33. The maximum absolute atomic E-state index is 12.6. The molecule has 2 aromatic rings. The third kappa shape index (κ3) is 2.76. The summed E-state index contributed by atoms with van der Waals surface area (Å²) in [6.07, 6.45) is -2.05. The van der Waals surface area contributed by atoms with Crippen molar-refractivity contribution in [2.75, 3.05) is 0 Å². The molecule has 1 aromatic heterocycles. The van der Waals surface area contributed by atoms with Crippen LogP contribution in [0.3, 0.4) is 0 Å². The first kappa shape index (κ1) is 14.0. The quantitative estimate of drug-likeness (QED) is 0.919. The molecule has 4 nitrogen and oxygen atoms in total. The van der Waals surface area contributed by atoms with E-state index in [1.807, 2.05) is 0 Å². The lowest BCUT2D eigenvalue weighted by Crippen LogP contribution is -2.07. The van der Waals surface area contributed by atoms with Crippen LogP contribution in [0, 0.1) is 6.92 Å². The molecule has 104 valence electrons. The van der Waals surface area contributed by atoms with E-state index in [9.17, 15) is 18.0 Å². The third-order valence-corrected chi connectivity index (χ3v) is 2.68. The Balaban J connectivity index is 2.47. The largest absolute Gasteiger partial charge is 0.476 e. The maximum Gasteiger partial charge on any atom is 0.416 e. The molecule has 0 spiro atoms. The highest BCUT2D eigenvalue weighted by molar-refractivity contribution is 5.85. The first-order valence-electron chi connectivity index (χ1n) is 5.52. The molecular weight excluding hydrogens is 273 g/mol. The average molecular weight is 282 g/mol. The van der Waals surface area contributed by atoms with Crippen molar-refractivity contribution in [3.63, 3.8) is 0 Å². The second kappa shape index (κ2) is 4.92. The van der Waals surface area contributed by atoms with Crippen LogP contribution in [0.2, 0.25) is 0 Å². The smallest absolute Gasteiger partial charge is 0.416 e. The van der Waals surface area contributed by atoms with Crippen molar-refractivity contribution in [1.29, 1.82) is 0 Å². The van der Waals surface area contributed by atoms with Gasteiger partial charge < -0.3 is 5.11 Å². The fourth-order valence-electron chi connectivity index (χ4n) is 1.75. The molecule has 0 aliphatic rings. The SMILES string of the molecule is Cc1cc(-c2cncc(C(=O)O)n2)ccc1C(F)(F)F. The molecule has 0 radical (unpaired) electrons. The number of aromatic nitrogens is 2. The minimum atomic E-state index is -4.42. The van der Waals surface area contributed by atoms with Crippen LogP contribution in [-0.4, -0.2) is 21.0 Å². The van der Waals surface area contributed by atoms with Gasteiger partial charge in [-0.25, -0.2) is 9.78 Å². The lowest BCUT2D eigenvalue weighted by atomic mass is 10.0. The molecule has 0 fully saturated rings. The van der Waals surface area contributed by atoms with Crippen molar-refractivity contribution in [2.45, 2.75) is 13.1 Å². The molecule has 0 aliphatic carbocycles. The van der Waals surface area contributed by atoms with E-state index in [2.05, 4.69) is 9.97 Å². The number of hydrogen-bond acceptors (Lipinski definition) is 3. The van der Waals surface area contributed by atoms with E-state index in [-0.39, 0.29) is 17.0 Å². The molecule has 1 heterocycles. The van der Waals surface area contributed by atoms with E-state index in [0.29, 0.717) is 5.56 Å². The lowest BCUT2D eigenvalue weighted by molar-refractivity contribution is -0.138. The molecule has 0 unspecified atom stereocenters. The Hall–Kier alpha value is -2.44. The zero-order chi connectivity index (χ0) is 14.9. The topological polar surface area (TPSA) is 63.1 Å². The minimum absolute atomic E-state index is 0.0394. The highest BCUT2D eigenvalue weighted by atomic mass is 19.4. The number of aryl methyl sites for hydroxylation is 1. The summed E-state index contributed by atoms with van der Waals surface area (Å²) >= 11 is 0. The Bertz CT molecular complexity index is 669. The number of carbonyl (C=O) groups is 1. The van der Waals surface area contributed by atoms with Gasteiger partial charge in [0, 0.05) is 5.56 Å². The molecule has 0 bridgehead atoms. The van der Waals surface area contributed by atoms with E-state index in [0.717, 1.165) is 12.3 Å². The first-order chi connectivity index (χ1) is 9.29. The van der Waals surface area contributed by atoms with E-state index in [4.69, 9.17) is 5.11 Å². The predicted molar refractivity (Wildman–Crippen MR) is 64.2 cm³/mol. The molecule has 1 N–H and O–H groups in total. The van der Waals surface area contributed by atoms with Gasteiger partial charge in [-0.3, -0.25) is 4.98 Å². The molecule has 0 saturated carbocycles. The number of alkyl halides is 3. The van der Waals surface area contributed by atoms with Gasteiger partial charge in [-0.05, 0) is 24.6 Å². The van der Waals surface area contributed by atoms with E-state index in [1.54, 1.807) is 0 Å². The number of benzene rings is 1. The Kier molecular flexibility index (Phi) is 3.44. The van der Waals surface area contributed by atoms with Crippen LogP contribution < -0.4 is 0 Å². The molecule has 7 heteroatoms. The minimum Gasteiger partial charge on any atom is -0.476 e. The summed E-state index contributed by atoms with van der Waals surface area (Å²) in [5, 5.41) is 8.81. The van der Waals surface area contributed by atoms with Gasteiger partial charge in [-0.1, -0.05) is 6.07 Å². The van der Waals surface area contributed by atoms with Gasteiger partial charge in [0.1, 0.15) is 0 Å². The number of nitrogens with zero attached hydrogens (tertiary/aromatic N) is 2. The van der Waals surface area contributed by atoms with Crippen LogP contribution >= 0.6 is 0 Å². The molecule has 20 heavy (non-hydrogen) atoms. The van der Waals surface area contributed by atoms with Crippen molar-refractivity contribution in [3.05, 3.63) is 47.4 Å². The zero-order valence-corrected chi connectivity index (χ0v) is 10.3. The van der Waals surface area contributed by atoms with Gasteiger partial charge >= 0.3 is 12.1 Å². The van der Waals surface area contributed by atoms with Crippen molar-refractivity contribution in [3.8, 4) is 11.3 Å². The summed E-state index contributed by atoms with van der Waals surface area (Å²) in [4.78, 5) is 18.3. The molecular formula is C13H9F3N2O2. The van der Waals surface area contributed by atoms with Gasteiger partial charge in [0.05, 0.1) is 23.7 Å². The maximum atomic E-state index is 12.6. The molecule has 0 atom stereocenters. The normalized spacial score (nSPS) is 11.4. The summed E-state index contributed by atoms with van der Waals surface area (Å²) in [5.41, 5.74) is -0.367. The second-order valence-corrected chi connectivity index (χ2v) is 4.12. The molecule has 0 saturated heterocycles. The van der Waals surface area contributed by atoms with Crippen LogP contribution in [0.5, 0.6) is 0 Å². The number of aromatic carboxylic acids is 1. The van der Waals surface area contributed by atoms with E-state index in [1.165, 1.54) is 25.3 Å². The predicted octanol–water partition coefficient (Wildman–Crippen LogP) is 3.17. The van der Waals surface area contributed by atoms with Gasteiger partial charge in [0.15, 0.2) is 5.69 Å². The van der Waals surface area contributed by atoms with Gasteiger partial charge in [-0.2, -0.15) is 13.2 Å². The summed E-state index contributed by atoms with van der Waals surface area (Å²) in [6, 6.07) is 3.49. The summed E-state index contributed by atoms with van der Waals surface area (Å²) < 4.78 is 37.9. The van der Waals surface area contributed by atoms with Crippen molar-refractivity contribution >= 4 is 5.97 Å². The van der Waals surface area contributed by atoms with Gasteiger partial charge in [0.2, 0.25) is 0 Å². The average Bonchev–Trinajstić information content (AvgIpc) is 2.37. The Morgan fingerprint density at radius 3 is 2.50 bits per heavy atom. The molecule has 0 aliphatic heterocycles. The van der Waals surface area contributed by atoms with Crippen LogP contribution in [0.15, 0.2) is 30.6 Å². The molecule has 2 rings (SSSR count). The Labute approximate surface area is 111 Å². The van der Waals surface area contributed by atoms with Crippen molar-refractivity contribution in [1.82, 2.24) is 9.97 Å². The van der Waals surface area contributed by atoms with E-state index >= 15 is 0 Å². The summed E-state index contributed by atoms with van der Waals surface area (Å²) in [7, 11) is 0. The standard InChI is InChI=1S/C13H9F3N2O2/c1-7-4-8(2-3-9(7)13(14,15)16)10-5-17-6-11(18-10)12(19)20/h2-6H,1H3,(H,19,20). The molecule has 1 aromatic carbocycles. The Morgan fingerprint density at radius 2 is 1.95 bits per heavy atom. The first-order valence-corrected chi connectivity index (χ1v) is 5.52. The van der Waals surface area contributed by atoms with Crippen LogP contribution in [0.1, 0.15) is 21.6 Å². The summed E-state index contributed by atoms with van der Waals surface area (Å²) in [5.74, 6) is -1.25. The fraction of sp³-hybridized carbons (Fsp3) is 0.154. The van der Waals surface area contributed by atoms with E-state index < -0.39 is 17.7 Å². The number of carboxylic acid groups (broad SMARTS) is 1. The van der Waals surface area contributed by atoms with Crippen LogP contribution in [0.4, 0.5) is 13.2 Å². The van der Waals surface area contributed by atoms with Crippen molar-refractivity contribution in [2.24, 2.45) is 0 Å².